The standard InChI is InChI=1S/C18H22N2O4/c1-22-15-5-6-16(17(10-15)23-2)18(21)13-4-3-8-20(11-13)12-14-7-9-24-19-14/h5-7,9-10,13H,3-4,8,11-12H2,1-2H3/t13-/m1/s1. The van der Waals surface area contributed by atoms with E-state index in [1.165, 1.54) is 0 Å². The molecule has 1 fully saturated rings. The van der Waals surface area contributed by atoms with Crippen LogP contribution >= 0.6 is 0 Å². The molecule has 24 heavy (non-hydrogen) atoms. The van der Waals surface area contributed by atoms with Crippen molar-refractivity contribution in [3.05, 3.63) is 41.8 Å². The highest BCUT2D eigenvalue weighted by atomic mass is 16.5. The Morgan fingerprint density at radius 2 is 2.21 bits per heavy atom. The maximum atomic E-state index is 12.9. The van der Waals surface area contributed by atoms with Crippen molar-refractivity contribution in [3.63, 3.8) is 0 Å². The molecule has 2 aromatic rings. The molecule has 0 spiro atoms. The lowest BCUT2D eigenvalue weighted by Crippen LogP contribution is -2.38. The van der Waals surface area contributed by atoms with Gasteiger partial charge in [0.2, 0.25) is 0 Å². The largest absolute Gasteiger partial charge is 0.497 e. The summed E-state index contributed by atoms with van der Waals surface area (Å²) in [6.45, 7) is 2.40. The fourth-order valence-electron chi connectivity index (χ4n) is 3.18. The number of rotatable bonds is 6. The third-order valence-electron chi connectivity index (χ3n) is 4.43. The monoisotopic (exact) mass is 330 g/mol. The first-order valence-corrected chi connectivity index (χ1v) is 8.09. The van der Waals surface area contributed by atoms with Crippen molar-refractivity contribution in [2.45, 2.75) is 19.4 Å². The van der Waals surface area contributed by atoms with E-state index in [1.807, 2.05) is 6.07 Å². The average Bonchev–Trinajstić information content (AvgIpc) is 3.13. The number of hydrogen-bond acceptors (Lipinski definition) is 6. The molecule has 1 aliphatic rings. The summed E-state index contributed by atoms with van der Waals surface area (Å²) in [4.78, 5) is 15.2. The molecule has 0 bridgehead atoms. The minimum absolute atomic E-state index is 0.0343. The van der Waals surface area contributed by atoms with Crippen LogP contribution in [0.4, 0.5) is 0 Å². The van der Waals surface area contributed by atoms with Crippen LogP contribution in [0.3, 0.4) is 0 Å². The third kappa shape index (κ3) is 3.59. The lowest BCUT2D eigenvalue weighted by molar-refractivity contribution is 0.0806. The van der Waals surface area contributed by atoms with Gasteiger partial charge in [-0.05, 0) is 31.5 Å². The molecule has 1 aromatic carbocycles. The fourth-order valence-corrected chi connectivity index (χ4v) is 3.18. The Bertz CT molecular complexity index is 684. The molecule has 6 nitrogen and oxygen atoms in total. The number of Topliss-reactive ketones (excluding diaryl/α,β-unsaturated/α-hetero) is 1. The van der Waals surface area contributed by atoms with Crippen LogP contribution in [0.2, 0.25) is 0 Å². The van der Waals surface area contributed by atoms with Crippen molar-refractivity contribution in [3.8, 4) is 11.5 Å². The number of hydrogen-bond donors (Lipinski definition) is 0. The molecule has 6 heteroatoms. The predicted molar refractivity (Wildman–Crippen MR) is 88.4 cm³/mol. The van der Waals surface area contributed by atoms with Crippen molar-refractivity contribution in [1.29, 1.82) is 0 Å². The zero-order chi connectivity index (χ0) is 16.9. The molecule has 2 heterocycles. The number of likely N-dealkylation sites (tertiary alicyclic amines) is 1. The van der Waals surface area contributed by atoms with Gasteiger partial charge in [0.05, 0.1) is 25.5 Å². The Balaban J connectivity index is 1.72. The highest BCUT2D eigenvalue weighted by Gasteiger charge is 2.28. The lowest BCUT2D eigenvalue weighted by Gasteiger charge is -2.31. The van der Waals surface area contributed by atoms with Gasteiger partial charge in [0.1, 0.15) is 17.8 Å². The minimum Gasteiger partial charge on any atom is -0.497 e. The Morgan fingerprint density at radius 3 is 2.92 bits per heavy atom. The summed E-state index contributed by atoms with van der Waals surface area (Å²) in [6.07, 6.45) is 3.46. The maximum absolute atomic E-state index is 12.9. The SMILES string of the molecule is COc1ccc(C(=O)[C@@H]2CCCN(Cc3ccon3)C2)c(OC)c1. The van der Waals surface area contributed by atoms with E-state index in [4.69, 9.17) is 14.0 Å². The summed E-state index contributed by atoms with van der Waals surface area (Å²) in [5, 5.41) is 3.95. The van der Waals surface area contributed by atoms with Crippen LogP contribution in [0.1, 0.15) is 28.9 Å². The smallest absolute Gasteiger partial charge is 0.170 e. The summed E-state index contributed by atoms with van der Waals surface area (Å²) in [5.41, 5.74) is 1.51. The predicted octanol–water partition coefficient (Wildman–Crippen LogP) is 2.79. The van der Waals surface area contributed by atoms with Crippen LogP contribution in [0.5, 0.6) is 11.5 Å². The second-order valence-electron chi connectivity index (χ2n) is 6.00. The van der Waals surface area contributed by atoms with E-state index in [0.29, 0.717) is 23.6 Å². The van der Waals surface area contributed by atoms with E-state index < -0.39 is 0 Å². The first-order chi connectivity index (χ1) is 11.7. The maximum Gasteiger partial charge on any atom is 0.170 e. The Hall–Kier alpha value is -2.34. The van der Waals surface area contributed by atoms with Crippen molar-refractivity contribution in [1.82, 2.24) is 10.1 Å². The Morgan fingerprint density at radius 1 is 1.33 bits per heavy atom. The highest BCUT2D eigenvalue weighted by molar-refractivity contribution is 6.00. The van der Waals surface area contributed by atoms with Crippen LogP contribution in [0.15, 0.2) is 35.1 Å². The van der Waals surface area contributed by atoms with Gasteiger partial charge in [-0.1, -0.05) is 5.16 Å². The number of benzene rings is 1. The summed E-state index contributed by atoms with van der Waals surface area (Å²) in [7, 11) is 3.17. The van der Waals surface area contributed by atoms with Gasteiger partial charge in [0.25, 0.3) is 0 Å². The van der Waals surface area contributed by atoms with E-state index in [-0.39, 0.29) is 11.7 Å². The van der Waals surface area contributed by atoms with E-state index >= 15 is 0 Å². The van der Waals surface area contributed by atoms with Crippen LogP contribution < -0.4 is 9.47 Å². The summed E-state index contributed by atoms with van der Waals surface area (Å²) in [6, 6.07) is 7.20. The first kappa shape index (κ1) is 16.5. The van der Waals surface area contributed by atoms with Crippen molar-refractivity contribution < 1.29 is 18.8 Å². The molecular formula is C18H22N2O4. The molecule has 3 rings (SSSR count). The molecule has 0 N–H and O–H groups in total. The van der Waals surface area contributed by atoms with Gasteiger partial charge in [-0.2, -0.15) is 0 Å². The minimum atomic E-state index is -0.0343. The zero-order valence-electron chi connectivity index (χ0n) is 14.0. The van der Waals surface area contributed by atoms with E-state index in [9.17, 15) is 4.79 Å². The zero-order valence-corrected chi connectivity index (χ0v) is 14.0. The van der Waals surface area contributed by atoms with E-state index in [2.05, 4.69) is 10.1 Å². The van der Waals surface area contributed by atoms with Gasteiger partial charge in [-0.15, -0.1) is 0 Å². The fraction of sp³-hybridized carbons (Fsp3) is 0.444. The number of ether oxygens (including phenoxy) is 2. The molecule has 128 valence electrons. The molecule has 0 amide bonds. The Labute approximate surface area is 141 Å². The van der Waals surface area contributed by atoms with Gasteiger partial charge >= 0.3 is 0 Å². The second kappa shape index (κ2) is 7.49. The topological polar surface area (TPSA) is 64.8 Å². The number of methoxy groups -OCH3 is 2. The van der Waals surface area contributed by atoms with Gasteiger partial charge in [-0.25, -0.2) is 0 Å². The van der Waals surface area contributed by atoms with Gasteiger partial charge < -0.3 is 14.0 Å². The van der Waals surface area contributed by atoms with Crippen LogP contribution in [-0.4, -0.2) is 43.1 Å². The number of carbonyl (C=O) groups excluding carboxylic acids is 1. The van der Waals surface area contributed by atoms with Crippen LogP contribution in [-0.2, 0) is 6.54 Å². The van der Waals surface area contributed by atoms with Gasteiger partial charge in [0.15, 0.2) is 5.78 Å². The average molecular weight is 330 g/mol. The first-order valence-electron chi connectivity index (χ1n) is 8.09. The van der Waals surface area contributed by atoms with Crippen molar-refractivity contribution in [2.24, 2.45) is 5.92 Å². The van der Waals surface area contributed by atoms with Gasteiger partial charge in [0, 0.05) is 31.1 Å². The normalized spacial score (nSPS) is 18.3. The summed E-state index contributed by atoms with van der Waals surface area (Å²) >= 11 is 0. The number of ketones is 1. The number of aromatic nitrogens is 1. The lowest BCUT2D eigenvalue weighted by atomic mass is 9.89. The third-order valence-corrected chi connectivity index (χ3v) is 4.43. The molecule has 1 aliphatic heterocycles. The van der Waals surface area contributed by atoms with E-state index in [1.54, 1.807) is 38.7 Å². The van der Waals surface area contributed by atoms with Gasteiger partial charge in [-0.3, -0.25) is 9.69 Å². The summed E-state index contributed by atoms with van der Waals surface area (Å²) in [5.74, 6) is 1.33. The second-order valence-corrected chi connectivity index (χ2v) is 6.00. The quantitative estimate of drug-likeness (QED) is 0.759. The van der Waals surface area contributed by atoms with E-state index in [0.717, 1.165) is 31.6 Å². The van der Waals surface area contributed by atoms with Crippen LogP contribution in [0, 0.1) is 5.92 Å². The molecule has 0 aliphatic carbocycles. The number of carbonyl (C=O) groups is 1. The Kier molecular flexibility index (Phi) is 5.15. The molecule has 0 saturated carbocycles. The molecule has 0 radical (unpaired) electrons. The molecule has 1 saturated heterocycles. The van der Waals surface area contributed by atoms with Crippen molar-refractivity contribution >= 4 is 5.78 Å². The van der Waals surface area contributed by atoms with Crippen molar-refractivity contribution in [2.75, 3.05) is 27.3 Å². The molecule has 0 unspecified atom stereocenters. The molecule has 1 atom stereocenters. The number of nitrogens with zero attached hydrogens (tertiary/aromatic N) is 2. The number of piperidine rings is 1. The molecule has 1 aromatic heterocycles. The summed E-state index contributed by atoms with van der Waals surface area (Å²) < 4.78 is 15.5. The van der Waals surface area contributed by atoms with Crippen LogP contribution in [0.25, 0.3) is 0 Å². The highest BCUT2D eigenvalue weighted by Crippen LogP contribution is 2.29. The molecular weight excluding hydrogens is 308 g/mol.